The first kappa shape index (κ1) is 15.4. The summed E-state index contributed by atoms with van der Waals surface area (Å²) in [7, 11) is 0. The molecular weight excluding hydrogens is 304 g/mol. The predicted molar refractivity (Wildman–Crippen MR) is 95.2 cm³/mol. The Morgan fingerprint density at radius 1 is 1.00 bits per heavy atom. The number of nitrogen functional groups attached to an aromatic ring is 2. The molecule has 0 radical (unpaired) electrons. The molecule has 1 heterocycles. The van der Waals surface area contributed by atoms with Gasteiger partial charge >= 0.3 is 5.97 Å². The summed E-state index contributed by atoms with van der Waals surface area (Å²) in [5.74, 6) is -0.462. The molecule has 0 aliphatic rings. The standard InChI is InChI=1S/C18H16N4O2/c19-15-5-2-10-21-17(15)22-12-8-6-11(7-9-12)13-3-1-4-14(16(13)20)18(23)24/h1-10H,19-20H2,(H,21,22)(H,23,24). The molecule has 3 rings (SSSR count). The van der Waals surface area contributed by atoms with Crippen LogP contribution in [0.15, 0.2) is 60.8 Å². The van der Waals surface area contributed by atoms with Crippen molar-refractivity contribution in [1.29, 1.82) is 0 Å². The Hall–Kier alpha value is -3.54. The van der Waals surface area contributed by atoms with Crippen molar-refractivity contribution in [2.75, 3.05) is 16.8 Å². The summed E-state index contributed by atoms with van der Waals surface area (Å²) in [4.78, 5) is 15.4. The number of hydrogen-bond donors (Lipinski definition) is 4. The molecule has 24 heavy (non-hydrogen) atoms. The minimum Gasteiger partial charge on any atom is -0.478 e. The zero-order valence-corrected chi connectivity index (χ0v) is 12.7. The Labute approximate surface area is 138 Å². The van der Waals surface area contributed by atoms with E-state index in [1.165, 1.54) is 6.07 Å². The van der Waals surface area contributed by atoms with Gasteiger partial charge in [-0.05, 0) is 35.9 Å². The average Bonchev–Trinajstić information content (AvgIpc) is 2.58. The SMILES string of the molecule is Nc1cccnc1Nc1ccc(-c2cccc(C(=O)O)c2N)cc1. The Kier molecular flexibility index (Phi) is 4.03. The number of pyridine rings is 1. The molecule has 6 heteroatoms. The molecule has 0 fully saturated rings. The Bertz CT molecular complexity index is 892. The number of aromatic nitrogens is 1. The van der Waals surface area contributed by atoms with Crippen molar-refractivity contribution in [2.24, 2.45) is 0 Å². The lowest BCUT2D eigenvalue weighted by Gasteiger charge is -2.11. The number of rotatable bonds is 4. The molecule has 2 aromatic carbocycles. The first-order valence-corrected chi connectivity index (χ1v) is 7.26. The van der Waals surface area contributed by atoms with Crippen molar-refractivity contribution in [2.45, 2.75) is 0 Å². The Balaban J connectivity index is 1.89. The van der Waals surface area contributed by atoms with Gasteiger partial charge in [-0.2, -0.15) is 0 Å². The van der Waals surface area contributed by atoms with E-state index in [9.17, 15) is 4.79 Å². The highest BCUT2D eigenvalue weighted by Gasteiger charge is 2.12. The van der Waals surface area contributed by atoms with Crippen LogP contribution in [0.5, 0.6) is 0 Å². The van der Waals surface area contributed by atoms with E-state index in [1.54, 1.807) is 30.5 Å². The molecular formula is C18H16N4O2. The maximum absolute atomic E-state index is 11.2. The van der Waals surface area contributed by atoms with E-state index in [-0.39, 0.29) is 11.3 Å². The zero-order valence-electron chi connectivity index (χ0n) is 12.7. The van der Waals surface area contributed by atoms with Crippen LogP contribution < -0.4 is 16.8 Å². The van der Waals surface area contributed by atoms with Crippen molar-refractivity contribution in [3.63, 3.8) is 0 Å². The van der Waals surface area contributed by atoms with Crippen LogP contribution in [0.4, 0.5) is 22.9 Å². The number of anilines is 4. The minimum atomic E-state index is -1.04. The van der Waals surface area contributed by atoms with Crippen molar-refractivity contribution >= 4 is 28.8 Å². The monoisotopic (exact) mass is 320 g/mol. The minimum absolute atomic E-state index is 0.0935. The van der Waals surface area contributed by atoms with E-state index in [0.717, 1.165) is 11.3 Å². The van der Waals surface area contributed by atoms with Gasteiger partial charge in [-0.15, -0.1) is 0 Å². The lowest BCUT2D eigenvalue weighted by Crippen LogP contribution is -2.03. The van der Waals surface area contributed by atoms with E-state index in [4.69, 9.17) is 16.6 Å². The number of carbonyl (C=O) groups is 1. The molecule has 0 amide bonds. The van der Waals surface area contributed by atoms with E-state index in [0.29, 0.717) is 17.1 Å². The lowest BCUT2D eigenvalue weighted by atomic mass is 10.00. The number of aromatic carboxylic acids is 1. The van der Waals surface area contributed by atoms with Crippen LogP contribution >= 0.6 is 0 Å². The highest BCUT2D eigenvalue weighted by atomic mass is 16.4. The summed E-state index contributed by atoms with van der Waals surface area (Å²) >= 11 is 0. The molecule has 0 unspecified atom stereocenters. The van der Waals surface area contributed by atoms with E-state index in [1.807, 2.05) is 24.3 Å². The number of carboxylic acids is 1. The van der Waals surface area contributed by atoms with E-state index >= 15 is 0 Å². The number of para-hydroxylation sites is 1. The summed E-state index contributed by atoms with van der Waals surface area (Å²) in [6.07, 6.45) is 1.66. The van der Waals surface area contributed by atoms with Gasteiger partial charge in [0.05, 0.1) is 16.9 Å². The van der Waals surface area contributed by atoms with E-state index < -0.39 is 5.97 Å². The molecule has 0 saturated heterocycles. The van der Waals surface area contributed by atoms with Crippen LogP contribution in [0.25, 0.3) is 11.1 Å². The van der Waals surface area contributed by atoms with Crippen molar-refractivity contribution in [3.8, 4) is 11.1 Å². The largest absolute Gasteiger partial charge is 0.478 e. The molecule has 1 aromatic heterocycles. The van der Waals surface area contributed by atoms with Crippen LogP contribution in [0.3, 0.4) is 0 Å². The summed E-state index contributed by atoms with van der Waals surface area (Å²) in [5, 5.41) is 12.3. The quantitative estimate of drug-likeness (QED) is 0.548. The van der Waals surface area contributed by atoms with Gasteiger partial charge in [0.25, 0.3) is 0 Å². The fraction of sp³-hybridized carbons (Fsp3) is 0. The molecule has 120 valence electrons. The highest BCUT2D eigenvalue weighted by Crippen LogP contribution is 2.30. The highest BCUT2D eigenvalue weighted by molar-refractivity contribution is 5.98. The zero-order chi connectivity index (χ0) is 17.1. The van der Waals surface area contributed by atoms with Gasteiger partial charge in [0.2, 0.25) is 0 Å². The normalized spacial score (nSPS) is 10.3. The fourth-order valence-electron chi connectivity index (χ4n) is 2.40. The van der Waals surface area contributed by atoms with E-state index in [2.05, 4.69) is 10.3 Å². The third-order valence-corrected chi connectivity index (χ3v) is 3.63. The molecule has 0 atom stereocenters. The number of hydrogen-bond acceptors (Lipinski definition) is 5. The number of nitrogens with one attached hydrogen (secondary N) is 1. The first-order valence-electron chi connectivity index (χ1n) is 7.26. The average molecular weight is 320 g/mol. The second-order valence-corrected chi connectivity index (χ2v) is 5.22. The van der Waals surface area contributed by atoms with Gasteiger partial charge < -0.3 is 21.9 Å². The van der Waals surface area contributed by atoms with Crippen LogP contribution in [0.2, 0.25) is 0 Å². The van der Waals surface area contributed by atoms with Gasteiger partial charge in [-0.3, -0.25) is 0 Å². The topological polar surface area (TPSA) is 114 Å². The van der Waals surface area contributed by atoms with Crippen LogP contribution in [-0.4, -0.2) is 16.1 Å². The predicted octanol–water partition coefficient (Wildman–Crippen LogP) is 3.35. The fourth-order valence-corrected chi connectivity index (χ4v) is 2.40. The van der Waals surface area contributed by atoms with Gasteiger partial charge in [-0.25, -0.2) is 9.78 Å². The first-order chi connectivity index (χ1) is 11.6. The molecule has 6 nitrogen and oxygen atoms in total. The molecule has 0 bridgehead atoms. The van der Waals surface area contributed by atoms with Crippen LogP contribution in [0.1, 0.15) is 10.4 Å². The Morgan fingerprint density at radius 2 is 1.75 bits per heavy atom. The second-order valence-electron chi connectivity index (χ2n) is 5.22. The third kappa shape index (κ3) is 2.98. The van der Waals surface area contributed by atoms with Crippen molar-refractivity contribution < 1.29 is 9.90 Å². The maximum Gasteiger partial charge on any atom is 0.337 e. The number of nitrogens with zero attached hydrogens (tertiary/aromatic N) is 1. The molecule has 3 aromatic rings. The smallest absolute Gasteiger partial charge is 0.337 e. The lowest BCUT2D eigenvalue weighted by molar-refractivity contribution is 0.0698. The number of carboxylic acid groups (broad SMARTS) is 1. The summed E-state index contributed by atoms with van der Waals surface area (Å²) in [6.45, 7) is 0. The summed E-state index contributed by atoms with van der Waals surface area (Å²) < 4.78 is 0. The van der Waals surface area contributed by atoms with Crippen LogP contribution in [-0.2, 0) is 0 Å². The third-order valence-electron chi connectivity index (χ3n) is 3.63. The van der Waals surface area contributed by atoms with Gasteiger partial charge in [-0.1, -0.05) is 24.3 Å². The molecule has 0 aliphatic heterocycles. The number of nitrogens with two attached hydrogens (primary N) is 2. The van der Waals surface area contributed by atoms with Crippen LogP contribution in [0, 0.1) is 0 Å². The number of benzene rings is 2. The van der Waals surface area contributed by atoms with Gasteiger partial charge in [0.1, 0.15) is 0 Å². The molecule has 0 saturated carbocycles. The molecule has 0 spiro atoms. The Morgan fingerprint density at radius 3 is 2.42 bits per heavy atom. The van der Waals surface area contributed by atoms with Crippen molar-refractivity contribution in [3.05, 3.63) is 66.4 Å². The molecule has 6 N–H and O–H groups in total. The summed E-state index contributed by atoms with van der Waals surface area (Å²) in [5.41, 5.74) is 15.1. The van der Waals surface area contributed by atoms with Crippen molar-refractivity contribution in [1.82, 2.24) is 4.98 Å². The van der Waals surface area contributed by atoms with Gasteiger partial charge in [0, 0.05) is 17.4 Å². The maximum atomic E-state index is 11.2. The second kappa shape index (κ2) is 6.29. The molecule has 0 aliphatic carbocycles. The van der Waals surface area contributed by atoms with Gasteiger partial charge in [0.15, 0.2) is 5.82 Å². The summed E-state index contributed by atoms with van der Waals surface area (Å²) in [6, 6.07) is 15.9.